The van der Waals surface area contributed by atoms with Crippen LogP contribution in [0.15, 0.2) is 102 Å². The molecule has 6 rings (SSSR count). The zero-order chi connectivity index (χ0) is 24.3. The SMILES string of the molecule is O=S(N[C@@H](c1ccccc1)c1cc2cccc(-c3ccccn3)c2s1)c1ccc2c(c1)OCCCO2. The van der Waals surface area contributed by atoms with Crippen LogP contribution in [0.1, 0.15) is 22.9 Å². The summed E-state index contributed by atoms with van der Waals surface area (Å²) < 4.78 is 29.7. The fourth-order valence-corrected chi connectivity index (χ4v) is 6.67. The highest BCUT2D eigenvalue weighted by atomic mass is 32.2. The van der Waals surface area contributed by atoms with Gasteiger partial charge in [0, 0.05) is 33.8 Å². The van der Waals surface area contributed by atoms with Crippen molar-refractivity contribution in [3.8, 4) is 22.8 Å². The van der Waals surface area contributed by atoms with Gasteiger partial charge in [0.15, 0.2) is 11.5 Å². The molecule has 3 aromatic carbocycles. The van der Waals surface area contributed by atoms with Crippen molar-refractivity contribution in [3.63, 3.8) is 0 Å². The summed E-state index contributed by atoms with van der Waals surface area (Å²) in [5.41, 5.74) is 3.09. The third-order valence-corrected chi connectivity index (χ3v) is 8.46. The van der Waals surface area contributed by atoms with Crippen molar-refractivity contribution >= 4 is 32.4 Å². The van der Waals surface area contributed by atoms with Gasteiger partial charge in [0.2, 0.25) is 0 Å². The molecule has 0 saturated heterocycles. The van der Waals surface area contributed by atoms with E-state index in [9.17, 15) is 4.21 Å². The number of nitrogens with one attached hydrogen (secondary N) is 1. The maximum Gasteiger partial charge on any atom is 0.162 e. The molecule has 0 bridgehead atoms. The molecule has 5 aromatic rings. The minimum absolute atomic E-state index is 0.253. The summed E-state index contributed by atoms with van der Waals surface area (Å²) >= 11 is 1.70. The van der Waals surface area contributed by atoms with Crippen molar-refractivity contribution in [1.82, 2.24) is 9.71 Å². The molecular weight excluding hydrogens is 488 g/mol. The summed E-state index contributed by atoms with van der Waals surface area (Å²) in [6, 6.07) is 29.8. The summed E-state index contributed by atoms with van der Waals surface area (Å²) in [5.74, 6) is 1.33. The van der Waals surface area contributed by atoms with E-state index < -0.39 is 11.0 Å². The molecule has 0 amide bonds. The molecule has 1 N–H and O–H groups in total. The number of rotatable bonds is 6. The predicted molar refractivity (Wildman–Crippen MR) is 145 cm³/mol. The van der Waals surface area contributed by atoms with E-state index in [1.165, 1.54) is 0 Å². The van der Waals surface area contributed by atoms with Crippen LogP contribution < -0.4 is 14.2 Å². The molecule has 3 heterocycles. The fourth-order valence-electron chi connectivity index (χ4n) is 4.32. The van der Waals surface area contributed by atoms with Gasteiger partial charge in [0.25, 0.3) is 0 Å². The zero-order valence-corrected chi connectivity index (χ0v) is 21.1. The molecule has 1 unspecified atom stereocenters. The van der Waals surface area contributed by atoms with E-state index in [0.717, 1.165) is 38.2 Å². The topological polar surface area (TPSA) is 60.5 Å². The molecule has 0 spiro atoms. The van der Waals surface area contributed by atoms with Crippen LogP contribution in [0, 0.1) is 0 Å². The molecule has 180 valence electrons. The Hall–Kier alpha value is -3.52. The van der Waals surface area contributed by atoms with Crippen molar-refractivity contribution in [1.29, 1.82) is 0 Å². The second kappa shape index (κ2) is 10.2. The Labute approximate surface area is 216 Å². The van der Waals surface area contributed by atoms with E-state index >= 15 is 0 Å². The van der Waals surface area contributed by atoms with Gasteiger partial charge in [-0.15, -0.1) is 11.3 Å². The van der Waals surface area contributed by atoms with Gasteiger partial charge in [0.1, 0.15) is 11.0 Å². The third kappa shape index (κ3) is 4.65. The molecule has 1 aliphatic rings. The van der Waals surface area contributed by atoms with Gasteiger partial charge in [-0.25, -0.2) is 8.93 Å². The number of ether oxygens (including phenoxy) is 2. The number of hydrogen-bond donors (Lipinski definition) is 1. The summed E-state index contributed by atoms with van der Waals surface area (Å²) in [7, 11) is -1.47. The molecule has 7 heteroatoms. The van der Waals surface area contributed by atoms with Crippen molar-refractivity contribution < 1.29 is 13.7 Å². The highest BCUT2D eigenvalue weighted by Crippen LogP contribution is 2.39. The van der Waals surface area contributed by atoms with Crippen LogP contribution in [-0.2, 0) is 11.0 Å². The Kier molecular flexibility index (Phi) is 6.51. The van der Waals surface area contributed by atoms with Crippen LogP contribution >= 0.6 is 11.3 Å². The lowest BCUT2D eigenvalue weighted by Gasteiger charge is -2.18. The van der Waals surface area contributed by atoms with Crippen LogP contribution in [0.4, 0.5) is 0 Å². The van der Waals surface area contributed by atoms with E-state index in [2.05, 4.69) is 46.1 Å². The number of hydrogen-bond acceptors (Lipinski definition) is 5. The monoisotopic (exact) mass is 512 g/mol. The van der Waals surface area contributed by atoms with Gasteiger partial charge in [0.05, 0.1) is 29.8 Å². The van der Waals surface area contributed by atoms with Crippen LogP contribution in [0.5, 0.6) is 11.5 Å². The van der Waals surface area contributed by atoms with Gasteiger partial charge in [-0.05, 0) is 41.3 Å². The number of fused-ring (bicyclic) bond motifs is 2. The van der Waals surface area contributed by atoms with Gasteiger partial charge >= 0.3 is 0 Å². The van der Waals surface area contributed by atoms with Crippen LogP contribution in [0.25, 0.3) is 21.3 Å². The molecule has 0 saturated carbocycles. The molecule has 2 aromatic heterocycles. The molecule has 5 nitrogen and oxygen atoms in total. The van der Waals surface area contributed by atoms with Gasteiger partial charge in [-0.2, -0.15) is 0 Å². The Morgan fingerprint density at radius 2 is 1.69 bits per heavy atom. The Morgan fingerprint density at radius 1 is 0.861 bits per heavy atom. The van der Waals surface area contributed by atoms with Crippen molar-refractivity contribution in [2.45, 2.75) is 17.4 Å². The number of benzene rings is 3. The van der Waals surface area contributed by atoms with Crippen LogP contribution in [0.3, 0.4) is 0 Å². The molecule has 2 atom stereocenters. The lowest BCUT2D eigenvalue weighted by Crippen LogP contribution is -2.24. The first-order valence-electron chi connectivity index (χ1n) is 11.8. The third-order valence-electron chi connectivity index (χ3n) is 6.08. The smallest absolute Gasteiger partial charge is 0.162 e. The number of pyridine rings is 1. The van der Waals surface area contributed by atoms with E-state index in [1.807, 2.05) is 60.8 Å². The van der Waals surface area contributed by atoms with E-state index in [0.29, 0.717) is 29.6 Å². The first kappa shape index (κ1) is 22.9. The summed E-state index contributed by atoms with van der Waals surface area (Å²) in [4.78, 5) is 6.30. The second-order valence-corrected chi connectivity index (χ2v) is 10.8. The Bertz CT molecular complexity index is 1520. The minimum atomic E-state index is -1.47. The summed E-state index contributed by atoms with van der Waals surface area (Å²) in [5, 5.41) is 1.14. The van der Waals surface area contributed by atoms with Crippen LogP contribution in [0.2, 0.25) is 0 Å². The fraction of sp³-hybridized carbons (Fsp3) is 0.138. The zero-order valence-electron chi connectivity index (χ0n) is 19.4. The highest BCUT2D eigenvalue weighted by Gasteiger charge is 2.22. The van der Waals surface area contributed by atoms with Gasteiger partial charge < -0.3 is 9.47 Å². The van der Waals surface area contributed by atoms with Gasteiger partial charge in [-0.1, -0.05) is 54.6 Å². The molecule has 36 heavy (non-hydrogen) atoms. The van der Waals surface area contributed by atoms with E-state index in [1.54, 1.807) is 11.3 Å². The minimum Gasteiger partial charge on any atom is -0.490 e. The molecule has 1 aliphatic heterocycles. The first-order chi connectivity index (χ1) is 17.8. The predicted octanol–water partition coefficient (Wildman–Crippen LogP) is 6.53. The maximum atomic E-state index is 13.6. The van der Waals surface area contributed by atoms with Gasteiger partial charge in [-0.3, -0.25) is 4.98 Å². The quantitative estimate of drug-likeness (QED) is 0.281. The maximum absolute atomic E-state index is 13.6. The number of aromatic nitrogens is 1. The Balaban J connectivity index is 1.38. The lowest BCUT2D eigenvalue weighted by atomic mass is 10.1. The molecule has 0 aliphatic carbocycles. The second-order valence-electron chi connectivity index (χ2n) is 8.48. The Morgan fingerprint density at radius 3 is 2.53 bits per heavy atom. The van der Waals surface area contributed by atoms with Crippen molar-refractivity contribution in [2.24, 2.45) is 0 Å². The lowest BCUT2D eigenvalue weighted by molar-refractivity contribution is 0.297. The largest absolute Gasteiger partial charge is 0.490 e. The average Bonchev–Trinajstić information content (AvgIpc) is 3.23. The van der Waals surface area contributed by atoms with E-state index in [-0.39, 0.29) is 6.04 Å². The highest BCUT2D eigenvalue weighted by molar-refractivity contribution is 7.83. The van der Waals surface area contributed by atoms with Crippen molar-refractivity contribution in [3.05, 3.63) is 108 Å². The normalized spacial score (nSPS) is 14.8. The van der Waals surface area contributed by atoms with E-state index in [4.69, 9.17) is 9.47 Å². The molecule has 0 fully saturated rings. The first-order valence-corrected chi connectivity index (χ1v) is 13.8. The molecular formula is C29H24N2O3S2. The van der Waals surface area contributed by atoms with Crippen LogP contribution in [-0.4, -0.2) is 22.4 Å². The summed E-state index contributed by atoms with van der Waals surface area (Å²) in [6.07, 6.45) is 2.64. The average molecular weight is 513 g/mol. The number of nitrogens with zero attached hydrogens (tertiary/aromatic N) is 1. The standard InChI is InChI=1S/C29H24N2O3S2/c32-36(22-13-14-25-26(19-22)34-17-7-16-33-25)31-28(20-8-2-1-3-9-20)27-18-21-10-6-11-23(29(21)35-27)24-12-4-5-15-30-24/h1-6,8-15,18-19,28,31H,7,16-17H2/t28-,36?/m0/s1. The van der Waals surface area contributed by atoms with Crippen molar-refractivity contribution in [2.75, 3.05) is 13.2 Å². The molecule has 0 radical (unpaired) electrons. The number of thiophene rings is 1. The summed E-state index contributed by atoms with van der Waals surface area (Å²) in [6.45, 7) is 1.21.